The molecule has 0 aromatic heterocycles. The molecule has 4 heteroatoms. The molecule has 148 valence electrons. The van der Waals surface area contributed by atoms with E-state index in [4.69, 9.17) is 4.74 Å². The van der Waals surface area contributed by atoms with Crippen molar-refractivity contribution in [3.8, 4) is 0 Å². The lowest BCUT2D eigenvalue weighted by Gasteiger charge is -2.18. The maximum absolute atomic E-state index is 13.1. The summed E-state index contributed by atoms with van der Waals surface area (Å²) < 4.78 is 5.69. The highest BCUT2D eigenvalue weighted by atomic mass is 32.2. The van der Waals surface area contributed by atoms with E-state index >= 15 is 0 Å². The summed E-state index contributed by atoms with van der Waals surface area (Å²) in [4.78, 5) is 27.6. The maximum Gasteiger partial charge on any atom is 0.348 e. The molecular formula is C24H28O3S. The monoisotopic (exact) mass is 396 g/mol. The van der Waals surface area contributed by atoms with Crippen LogP contribution in [-0.2, 0) is 14.3 Å². The summed E-state index contributed by atoms with van der Waals surface area (Å²) in [6.07, 6.45) is 5.11. The van der Waals surface area contributed by atoms with Gasteiger partial charge in [-0.1, -0.05) is 68.8 Å². The maximum atomic E-state index is 13.1. The Morgan fingerprint density at radius 1 is 1.00 bits per heavy atom. The number of Topliss-reactive ketones (excluding diaryl/α,β-unsaturated/α-hetero) is 1. The Morgan fingerprint density at radius 3 is 1.96 bits per heavy atom. The average molecular weight is 397 g/mol. The number of unbranched alkanes of at least 4 members (excludes halogenated alkanes) is 2. The van der Waals surface area contributed by atoms with Crippen molar-refractivity contribution >= 4 is 27.1 Å². The van der Waals surface area contributed by atoms with Crippen molar-refractivity contribution in [2.45, 2.75) is 55.4 Å². The van der Waals surface area contributed by atoms with E-state index < -0.39 is 16.5 Å². The Balaban J connectivity index is 2.47. The second-order valence-corrected chi connectivity index (χ2v) is 8.46. The van der Waals surface area contributed by atoms with Crippen molar-refractivity contribution in [2.75, 3.05) is 0 Å². The largest absolute Gasteiger partial charge is 0.454 e. The highest BCUT2D eigenvalue weighted by Gasteiger charge is 2.25. The molecule has 0 saturated heterocycles. The van der Waals surface area contributed by atoms with Gasteiger partial charge in [0.1, 0.15) is 11.0 Å². The summed E-state index contributed by atoms with van der Waals surface area (Å²) in [5.41, 5.74) is 0. The Labute approximate surface area is 170 Å². The second-order valence-electron chi connectivity index (χ2n) is 6.49. The standard InChI is InChI=1S/C24H28O3S/c1-4-6-9-14-20(5-2)27-24(26)23(19(3)25)28(21-15-10-7-11-16-21)22-17-12-8-13-18-22/h5,7-8,10-13,15-18,20H,2,4,6,9,14H2,1,3H3/t20-/m0/s1. The molecule has 0 fully saturated rings. The van der Waals surface area contributed by atoms with Gasteiger partial charge in [0.2, 0.25) is 0 Å². The van der Waals surface area contributed by atoms with E-state index in [1.54, 1.807) is 6.08 Å². The van der Waals surface area contributed by atoms with Crippen molar-refractivity contribution in [1.29, 1.82) is 0 Å². The van der Waals surface area contributed by atoms with Gasteiger partial charge in [0, 0.05) is 9.79 Å². The second kappa shape index (κ2) is 11.4. The number of carbonyl (C=O) groups is 2. The van der Waals surface area contributed by atoms with Gasteiger partial charge >= 0.3 is 5.97 Å². The summed E-state index contributed by atoms with van der Waals surface area (Å²) in [5.74, 6) is -0.817. The minimum Gasteiger partial charge on any atom is -0.454 e. The van der Waals surface area contributed by atoms with Crippen LogP contribution in [0.3, 0.4) is 0 Å². The van der Waals surface area contributed by atoms with Gasteiger partial charge in [-0.15, -0.1) is 10.5 Å². The van der Waals surface area contributed by atoms with Gasteiger partial charge in [-0.2, -0.15) is 0 Å². The van der Waals surface area contributed by atoms with E-state index in [2.05, 4.69) is 13.5 Å². The molecule has 2 aromatic carbocycles. The Morgan fingerprint density at radius 2 is 1.54 bits per heavy atom. The van der Waals surface area contributed by atoms with E-state index in [0.717, 1.165) is 35.5 Å². The van der Waals surface area contributed by atoms with Gasteiger partial charge in [0.05, 0.1) is 0 Å². The lowest BCUT2D eigenvalue weighted by Crippen LogP contribution is -2.28. The lowest BCUT2D eigenvalue weighted by molar-refractivity contribution is -0.139. The Bertz CT molecular complexity index is 784. The quantitative estimate of drug-likeness (QED) is 0.167. The zero-order valence-electron chi connectivity index (χ0n) is 16.6. The molecule has 0 spiro atoms. The van der Waals surface area contributed by atoms with Crippen molar-refractivity contribution in [3.63, 3.8) is 0 Å². The van der Waals surface area contributed by atoms with Crippen LogP contribution < -0.4 is 0 Å². The molecule has 28 heavy (non-hydrogen) atoms. The van der Waals surface area contributed by atoms with Gasteiger partial charge in [-0.05, 0) is 44.0 Å². The number of hydrogen-bond donors (Lipinski definition) is 0. The van der Waals surface area contributed by atoms with Crippen LogP contribution in [-0.4, -0.2) is 22.7 Å². The first-order chi connectivity index (χ1) is 13.6. The zero-order chi connectivity index (χ0) is 20.4. The summed E-state index contributed by atoms with van der Waals surface area (Å²) in [6, 6.07) is 19.3. The first kappa shape index (κ1) is 21.8. The summed E-state index contributed by atoms with van der Waals surface area (Å²) in [5, 5.41) is 0. The van der Waals surface area contributed by atoms with Gasteiger partial charge in [0.15, 0.2) is 5.78 Å². The highest BCUT2D eigenvalue weighted by Crippen LogP contribution is 2.37. The number of benzene rings is 2. The smallest absolute Gasteiger partial charge is 0.348 e. The van der Waals surface area contributed by atoms with Crippen molar-refractivity contribution in [1.82, 2.24) is 0 Å². The van der Waals surface area contributed by atoms with Gasteiger partial charge in [-0.25, -0.2) is 4.79 Å². The molecule has 0 N–H and O–H groups in total. The van der Waals surface area contributed by atoms with Crippen LogP contribution in [0, 0.1) is 0 Å². The van der Waals surface area contributed by atoms with Gasteiger partial charge < -0.3 is 4.74 Å². The highest BCUT2D eigenvalue weighted by molar-refractivity contribution is 8.18. The third kappa shape index (κ3) is 6.03. The SMILES string of the molecule is C=C[C@@H](CCCCC)OC(=O)C(C(C)=O)=S(c1ccccc1)c1ccccc1. The molecule has 2 aromatic rings. The predicted molar refractivity (Wildman–Crippen MR) is 117 cm³/mol. The number of carbonyl (C=O) groups excluding carboxylic acids is 2. The number of rotatable bonds is 10. The molecule has 2 rings (SSSR count). The third-order valence-corrected chi connectivity index (χ3v) is 6.63. The third-order valence-electron chi connectivity index (χ3n) is 4.28. The van der Waals surface area contributed by atoms with E-state index in [1.165, 1.54) is 6.92 Å². The van der Waals surface area contributed by atoms with Crippen molar-refractivity contribution < 1.29 is 14.3 Å². The van der Waals surface area contributed by atoms with E-state index in [1.807, 2.05) is 60.7 Å². The van der Waals surface area contributed by atoms with Crippen LogP contribution in [0.15, 0.2) is 83.1 Å². The number of ether oxygens (including phenoxy) is 1. The summed E-state index contributed by atoms with van der Waals surface area (Å²) in [6.45, 7) is 7.35. The van der Waals surface area contributed by atoms with Crippen LogP contribution >= 0.6 is 10.5 Å². The topological polar surface area (TPSA) is 43.4 Å². The fraction of sp³-hybridized carbons (Fsp3) is 0.292. The fourth-order valence-corrected chi connectivity index (χ4v) is 4.97. The number of hydrogen-bond acceptors (Lipinski definition) is 3. The number of esters is 1. The first-order valence-corrected chi connectivity index (χ1v) is 10.9. The predicted octanol–water partition coefficient (Wildman–Crippen LogP) is 5.81. The molecule has 0 heterocycles. The van der Waals surface area contributed by atoms with Crippen molar-refractivity contribution in [3.05, 3.63) is 73.3 Å². The summed E-state index contributed by atoms with van der Waals surface area (Å²) >= 11 is 0. The van der Waals surface area contributed by atoms with E-state index in [-0.39, 0.29) is 16.8 Å². The lowest BCUT2D eigenvalue weighted by atomic mass is 10.1. The van der Waals surface area contributed by atoms with Crippen LogP contribution in [0.2, 0.25) is 0 Å². The van der Waals surface area contributed by atoms with E-state index in [9.17, 15) is 9.59 Å². The minimum atomic E-state index is -0.817. The van der Waals surface area contributed by atoms with Crippen LogP contribution in [0.5, 0.6) is 0 Å². The van der Waals surface area contributed by atoms with Crippen LogP contribution in [0.25, 0.3) is 0 Å². The molecule has 0 aliphatic rings. The molecule has 0 radical (unpaired) electrons. The molecule has 1 atom stereocenters. The Hall–Kier alpha value is -2.46. The fourth-order valence-electron chi connectivity index (χ4n) is 2.87. The molecule has 0 bridgehead atoms. The average Bonchev–Trinajstić information content (AvgIpc) is 2.72. The van der Waals surface area contributed by atoms with Crippen molar-refractivity contribution in [2.24, 2.45) is 0 Å². The van der Waals surface area contributed by atoms with Crippen LogP contribution in [0.4, 0.5) is 0 Å². The molecule has 0 amide bonds. The summed E-state index contributed by atoms with van der Waals surface area (Å²) in [7, 11) is -0.817. The normalized spacial score (nSPS) is 11.7. The molecular weight excluding hydrogens is 368 g/mol. The van der Waals surface area contributed by atoms with Gasteiger partial charge in [0.25, 0.3) is 0 Å². The number of ketones is 1. The molecule has 3 nitrogen and oxygen atoms in total. The minimum absolute atomic E-state index is 0.180. The molecule has 0 unspecified atom stereocenters. The van der Waals surface area contributed by atoms with E-state index in [0.29, 0.717) is 0 Å². The molecule has 0 saturated carbocycles. The Kier molecular flexibility index (Phi) is 8.89. The van der Waals surface area contributed by atoms with Crippen LogP contribution in [0.1, 0.15) is 39.5 Å². The molecule has 0 aliphatic carbocycles. The zero-order valence-corrected chi connectivity index (χ0v) is 17.4. The molecule has 0 aliphatic heterocycles. The first-order valence-electron chi connectivity index (χ1n) is 9.64. The van der Waals surface area contributed by atoms with Gasteiger partial charge in [-0.3, -0.25) is 4.79 Å².